The van der Waals surface area contributed by atoms with E-state index in [2.05, 4.69) is 68.3 Å². The Balaban J connectivity index is 1.89. The van der Waals surface area contributed by atoms with Crippen LogP contribution in [0.1, 0.15) is 37.6 Å². The van der Waals surface area contributed by atoms with Gasteiger partial charge in [-0.1, -0.05) is 18.2 Å². The van der Waals surface area contributed by atoms with Crippen molar-refractivity contribution >= 4 is 11.8 Å². The van der Waals surface area contributed by atoms with E-state index in [-0.39, 0.29) is 5.54 Å². The normalized spacial score (nSPS) is 11.6. The molecule has 3 heteroatoms. The molecule has 0 amide bonds. The lowest BCUT2D eigenvalue weighted by molar-refractivity contribution is 0.424. The van der Waals surface area contributed by atoms with Crippen molar-refractivity contribution in [3.8, 4) is 0 Å². The third-order valence-electron chi connectivity index (χ3n) is 3.24. The number of benzene rings is 1. The molecule has 0 fully saturated rings. The minimum atomic E-state index is 0.157. The largest absolute Gasteiger partial charge is 0.308 e. The van der Waals surface area contributed by atoms with E-state index in [1.165, 1.54) is 21.7 Å². The smallest absolute Gasteiger partial charge is 0.0535 e. The zero-order valence-corrected chi connectivity index (χ0v) is 14.1. The van der Waals surface area contributed by atoms with Crippen molar-refractivity contribution < 1.29 is 0 Å². The first kappa shape index (κ1) is 16.1. The Morgan fingerprint density at radius 1 is 1.10 bits per heavy atom. The van der Waals surface area contributed by atoms with E-state index in [0.717, 1.165) is 12.3 Å². The summed E-state index contributed by atoms with van der Waals surface area (Å²) in [5.41, 5.74) is 3.91. The first-order chi connectivity index (χ1) is 9.94. The molecule has 1 heterocycles. The van der Waals surface area contributed by atoms with Crippen molar-refractivity contribution in [3.05, 3.63) is 59.4 Å². The number of thioether (sulfide) groups is 1. The van der Waals surface area contributed by atoms with Crippen molar-refractivity contribution in [1.82, 2.24) is 10.3 Å². The second-order valence-electron chi connectivity index (χ2n) is 6.30. The molecule has 0 radical (unpaired) electrons. The molecule has 0 aliphatic carbocycles. The number of nitrogens with one attached hydrogen (secondary N) is 1. The van der Waals surface area contributed by atoms with E-state index in [1.807, 2.05) is 24.0 Å². The Hall–Kier alpha value is -1.32. The third-order valence-corrected chi connectivity index (χ3v) is 4.26. The molecule has 0 bridgehead atoms. The molecule has 0 aliphatic heterocycles. The van der Waals surface area contributed by atoms with E-state index in [0.29, 0.717) is 0 Å². The van der Waals surface area contributed by atoms with Crippen molar-refractivity contribution in [2.75, 3.05) is 0 Å². The van der Waals surface area contributed by atoms with Gasteiger partial charge in [0, 0.05) is 28.9 Å². The maximum Gasteiger partial charge on any atom is 0.0535 e. The van der Waals surface area contributed by atoms with Crippen LogP contribution in [0.2, 0.25) is 0 Å². The maximum absolute atomic E-state index is 4.44. The molecule has 2 rings (SSSR count). The summed E-state index contributed by atoms with van der Waals surface area (Å²) in [5, 5.41) is 3.51. The number of nitrogens with zero attached hydrogens (tertiary/aromatic N) is 1. The fourth-order valence-electron chi connectivity index (χ4n) is 1.89. The molecule has 112 valence electrons. The summed E-state index contributed by atoms with van der Waals surface area (Å²) in [4.78, 5) is 5.73. The summed E-state index contributed by atoms with van der Waals surface area (Å²) in [5.74, 6) is 0.923. The van der Waals surface area contributed by atoms with Gasteiger partial charge in [0.25, 0.3) is 0 Å². The lowest BCUT2D eigenvalue weighted by Crippen LogP contribution is -2.35. The van der Waals surface area contributed by atoms with E-state index in [9.17, 15) is 0 Å². The molecule has 2 aromatic rings. The Kier molecular flexibility index (Phi) is 5.43. The molecule has 1 N–H and O–H groups in total. The first-order valence-corrected chi connectivity index (χ1v) is 8.30. The van der Waals surface area contributed by atoms with Crippen LogP contribution in [0.4, 0.5) is 0 Å². The summed E-state index contributed by atoms with van der Waals surface area (Å²) in [6, 6.07) is 12.9. The van der Waals surface area contributed by atoms with Crippen LogP contribution in [0, 0.1) is 6.92 Å². The van der Waals surface area contributed by atoms with Crippen molar-refractivity contribution in [1.29, 1.82) is 0 Å². The van der Waals surface area contributed by atoms with Crippen LogP contribution in [-0.2, 0) is 12.3 Å². The highest BCUT2D eigenvalue weighted by molar-refractivity contribution is 7.98. The molecule has 0 spiro atoms. The second-order valence-corrected chi connectivity index (χ2v) is 7.35. The fraction of sp³-hybridized carbons (Fsp3) is 0.389. The Labute approximate surface area is 132 Å². The van der Waals surface area contributed by atoms with Gasteiger partial charge in [0.15, 0.2) is 0 Å². The number of pyridine rings is 1. The predicted molar refractivity (Wildman–Crippen MR) is 91.6 cm³/mol. The van der Waals surface area contributed by atoms with Gasteiger partial charge in [-0.25, -0.2) is 0 Å². The zero-order chi connectivity index (χ0) is 15.3. The molecular formula is C18H24N2S. The number of aromatic nitrogens is 1. The van der Waals surface area contributed by atoms with Gasteiger partial charge >= 0.3 is 0 Å². The van der Waals surface area contributed by atoms with Gasteiger partial charge < -0.3 is 5.32 Å². The van der Waals surface area contributed by atoms with Crippen molar-refractivity contribution in [3.63, 3.8) is 0 Å². The average Bonchev–Trinajstić information content (AvgIpc) is 2.45. The SMILES string of the molecule is Cc1cccnc1CSc1ccc(CNC(C)(C)C)cc1. The van der Waals surface area contributed by atoms with E-state index in [4.69, 9.17) is 0 Å². The molecule has 0 saturated heterocycles. The fourth-order valence-corrected chi connectivity index (χ4v) is 2.83. The summed E-state index contributed by atoms with van der Waals surface area (Å²) in [6.45, 7) is 9.59. The average molecular weight is 300 g/mol. The molecule has 0 atom stereocenters. The maximum atomic E-state index is 4.44. The molecular weight excluding hydrogens is 276 g/mol. The summed E-state index contributed by atoms with van der Waals surface area (Å²) in [7, 11) is 0. The summed E-state index contributed by atoms with van der Waals surface area (Å²) >= 11 is 1.84. The number of hydrogen-bond acceptors (Lipinski definition) is 3. The Morgan fingerprint density at radius 3 is 2.43 bits per heavy atom. The molecule has 0 saturated carbocycles. The van der Waals surface area contributed by atoms with E-state index in [1.54, 1.807) is 0 Å². The van der Waals surface area contributed by atoms with Crippen LogP contribution in [0.25, 0.3) is 0 Å². The molecule has 21 heavy (non-hydrogen) atoms. The second kappa shape index (κ2) is 7.10. The van der Waals surface area contributed by atoms with Crippen LogP contribution in [0.3, 0.4) is 0 Å². The quantitative estimate of drug-likeness (QED) is 0.819. The van der Waals surface area contributed by atoms with Gasteiger partial charge in [-0.2, -0.15) is 0 Å². The highest BCUT2D eigenvalue weighted by Gasteiger charge is 2.08. The highest BCUT2D eigenvalue weighted by Crippen LogP contribution is 2.23. The Morgan fingerprint density at radius 2 is 1.81 bits per heavy atom. The first-order valence-electron chi connectivity index (χ1n) is 7.31. The minimum absolute atomic E-state index is 0.157. The van der Waals surface area contributed by atoms with Crippen LogP contribution in [0.5, 0.6) is 0 Å². The Bertz CT molecular complexity index is 571. The minimum Gasteiger partial charge on any atom is -0.308 e. The lowest BCUT2D eigenvalue weighted by atomic mass is 10.1. The monoisotopic (exact) mass is 300 g/mol. The van der Waals surface area contributed by atoms with Crippen LogP contribution in [0.15, 0.2) is 47.5 Å². The summed E-state index contributed by atoms with van der Waals surface area (Å²) < 4.78 is 0. The van der Waals surface area contributed by atoms with E-state index < -0.39 is 0 Å². The summed E-state index contributed by atoms with van der Waals surface area (Å²) in [6.07, 6.45) is 1.87. The highest BCUT2D eigenvalue weighted by atomic mass is 32.2. The van der Waals surface area contributed by atoms with Crippen LogP contribution in [-0.4, -0.2) is 10.5 Å². The molecule has 0 unspecified atom stereocenters. The standard InChI is InChI=1S/C18H24N2S/c1-14-6-5-11-19-17(14)13-21-16-9-7-15(8-10-16)12-20-18(2,3)4/h5-11,20H,12-13H2,1-4H3. The van der Waals surface area contributed by atoms with Crippen LogP contribution >= 0.6 is 11.8 Å². The third kappa shape index (κ3) is 5.52. The van der Waals surface area contributed by atoms with Gasteiger partial charge in [0.1, 0.15) is 0 Å². The van der Waals surface area contributed by atoms with E-state index >= 15 is 0 Å². The molecule has 2 nitrogen and oxygen atoms in total. The lowest BCUT2D eigenvalue weighted by Gasteiger charge is -2.20. The van der Waals surface area contributed by atoms with Crippen molar-refractivity contribution in [2.24, 2.45) is 0 Å². The molecule has 0 aliphatic rings. The topological polar surface area (TPSA) is 24.9 Å². The van der Waals surface area contributed by atoms with Crippen LogP contribution < -0.4 is 5.32 Å². The van der Waals surface area contributed by atoms with Crippen molar-refractivity contribution in [2.45, 2.75) is 50.4 Å². The van der Waals surface area contributed by atoms with Gasteiger partial charge in [0.05, 0.1) is 5.69 Å². The van der Waals surface area contributed by atoms with Gasteiger partial charge in [-0.05, 0) is 57.0 Å². The predicted octanol–water partition coefficient (Wildman–Crippen LogP) is 4.57. The number of hydrogen-bond donors (Lipinski definition) is 1. The van der Waals surface area contributed by atoms with Gasteiger partial charge in [-0.3, -0.25) is 4.98 Å². The number of aryl methyl sites for hydroxylation is 1. The molecule has 1 aromatic carbocycles. The molecule has 1 aromatic heterocycles. The van der Waals surface area contributed by atoms with Gasteiger partial charge in [-0.15, -0.1) is 11.8 Å². The number of rotatable bonds is 5. The zero-order valence-electron chi connectivity index (χ0n) is 13.3. The van der Waals surface area contributed by atoms with Gasteiger partial charge in [0.2, 0.25) is 0 Å².